The Hall–Kier alpha value is -2.17. The van der Waals surface area contributed by atoms with Crippen molar-refractivity contribution >= 4 is 5.69 Å². The van der Waals surface area contributed by atoms with E-state index in [-0.39, 0.29) is 5.82 Å². The Bertz CT molecular complexity index is 601. The molecule has 1 aromatic heterocycles. The summed E-state index contributed by atoms with van der Waals surface area (Å²) in [4.78, 5) is 8.31. The molecule has 0 atom stereocenters. The third-order valence-corrected chi connectivity index (χ3v) is 3.02. The average molecular weight is 245 g/mol. The lowest BCUT2D eigenvalue weighted by atomic mass is 10.2. The number of halogens is 1. The number of aromatic nitrogens is 2. The smallest absolute Gasteiger partial charge is 0.225 e. The summed E-state index contributed by atoms with van der Waals surface area (Å²) in [6.45, 7) is 0. The minimum absolute atomic E-state index is 0.294. The second kappa shape index (κ2) is 4.25. The second-order valence-corrected chi connectivity index (χ2v) is 4.24. The molecule has 0 saturated heterocycles. The Morgan fingerprint density at radius 1 is 1.22 bits per heavy atom. The van der Waals surface area contributed by atoms with E-state index in [9.17, 15) is 4.39 Å². The first kappa shape index (κ1) is 11.0. The van der Waals surface area contributed by atoms with E-state index in [1.165, 1.54) is 24.5 Å². The molecule has 0 bridgehead atoms. The lowest BCUT2D eigenvalue weighted by molar-refractivity contribution is 0.453. The van der Waals surface area contributed by atoms with E-state index in [1.54, 1.807) is 0 Å². The number of ether oxygens (including phenoxy) is 1. The quantitative estimate of drug-likeness (QED) is 0.826. The van der Waals surface area contributed by atoms with Crippen LogP contribution in [0.15, 0.2) is 24.5 Å². The number of benzene rings is 1. The Morgan fingerprint density at radius 2 is 2.11 bits per heavy atom. The standard InChI is InChI=1S/C13H12FN3O/c14-8-4-5-10(15)12(6-8)18-13-9-2-1-3-11(9)16-7-17-13/h4-7H,1-3,15H2. The normalized spacial score (nSPS) is 13.4. The van der Waals surface area contributed by atoms with Gasteiger partial charge in [-0.15, -0.1) is 0 Å². The molecule has 1 aromatic carbocycles. The highest BCUT2D eigenvalue weighted by atomic mass is 19.1. The summed E-state index contributed by atoms with van der Waals surface area (Å²) in [6, 6.07) is 4.04. The van der Waals surface area contributed by atoms with Crippen LogP contribution in [0, 0.1) is 5.82 Å². The number of rotatable bonds is 2. The van der Waals surface area contributed by atoms with E-state index < -0.39 is 0 Å². The van der Waals surface area contributed by atoms with Crippen molar-refractivity contribution in [2.24, 2.45) is 0 Å². The summed E-state index contributed by atoms with van der Waals surface area (Å²) in [5, 5.41) is 0. The first-order valence-electron chi connectivity index (χ1n) is 5.79. The zero-order valence-corrected chi connectivity index (χ0v) is 9.69. The van der Waals surface area contributed by atoms with Crippen molar-refractivity contribution in [2.75, 3.05) is 5.73 Å². The Morgan fingerprint density at radius 3 is 3.00 bits per heavy atom. The van der Waals surface area contributed by atoms with Crippen LogP contribution in [-0.4, -0.2) is 9.97 Å². The van der Waals surface area contributed by atoms with Crippen molar-refractivity contribution in [1.29, 1.82) is 0 Å². The summed E-state index contributed by atoms with van der Waals surface area (Å²) in [5.41, 5.74) is 8.15. The largest absolute Gasteiger partial charge is 0.436 e. The fraction of sp³-hybridized carbons (Fsp3) is 0.231. The van der Waals surface area contributed by atoms with Gasteiger partial charge in [-0.05, 0) is 31.4 Å². The fourth-order valence-electron chi connectivity index (χ4n) is 2.12. The summed E-state index contributed by atoms with van der Waals surface area (Å²) in [6.07, 6.45) is 4.34. The molecule has 1 aliphatic carbocycles. The van der Waals surface area contributed by atoms with Crippen molar-refractivity contribution < 1.29 is 9.13 Å². The molecule has 1 heterocycles. The summed E-state index contributed by atoms with van der Waals surface area (Å²) in [5.74, 6) is 0.391. The van der Waals surface area contributed by atoms with Gasteiger partial charge in [0.05, 0.1) is 11.4 Å². The minimum Gasteiger partial charge on any atom is -0.436 e. The second-order valence-electron chi connectivity index (χ2n) is 4.24. The van der Waals surface area contributed by atoms with E-state index in [1.807, 2.05) is 0 Å². The number of nitrogen functional groups attached to an aromatic ring is 1. The van der Waals surface area contributed by atoms with Crippen LogP contribution in [-0.2, 0) is 12.8 Å². The van der Waals surface area contributed by atoms with Gasteiger partial charge in [0, 0.05) is 11.6 Å². The monoisotopic (exact) mass is 245 g/mol. The Kier molecular flexibility index (Phi) is 2.59. The van der Waals surface area contributed by atoms with Gasteiger partial charge in [-0.2, -0.15) is 0 Å². The van der Waals surface area contributed by atoms with Crippen molar-refractivity contribution in [3.8, 4) is 11.6 Å². The summed E-state index contributed by atoms with van der Waals surface area (Å²) < 4.78 is 18.8. The van der Waals surface area contributed by atoms with Gasteiger partial charge in [-0.1, -0.05) is 0 Å². The lowest BCUT2D eigenvalue weighted by Crippen LogP contribution is -1.99. The first-order valence-corrected chi connectivity index (χ1v) is 5.79. The van der Waals surface area contributed by atoms with Crippen LogP contribution in [0.4, 0.5) is 10.1 Å². The van der Waals surface area contributed by atoms with Gasteiger partial charge in [0.25, 0.3) is 0 Å². The lowest BCUT2D eigenvalue weighted by Gasteiger charge is -2.10. The topological polar surface area (TPSA) is 61.0 Å². The van der Waals surface area contributed by atoms with E-state index in [0.29, 0.717) is 17.3 Å². The Labute approximate surface area is 104 Å². The summed E-state index contributed by atoms with van der Waals surface area (Å²) >= 11 is 0. The van der Waals surface area contributed by atoms with Gasteiger partial charge < -0.3 is 10.5 Å². The van der Waals surface area contributed by atoms with Crippen LogP contribution in [0.5, 0.6) is 11.6 Å². The zero-order valence-electron chi connectivity index (χ0n) is 9.69. The molecule has 0 amide bonds. The van der Waals surface area contributed by atoms with Crippen LogP contribution in [0.25, 0.3) is 0 Å². The van der Waals surface area contributed by atoms with Crippen LogP contribution < -0.4 is 10.5 Å². The van der Waals surface area contributed by atoms with E-state index >= 15 is 0 Å². The van der Waals surface area contributed by atoms with Crippen LogP contribution in [0.3, 0.4) is 0 Å². The van der Waals surface area contributed by atoms with Crippen molar-refractivity contribution in [3.63, 3.8) is 0 Å². The van der Waals surface area contributed by atoms with Gasteiger partial charge >= 0.3 is 0 Å². The Balaban J connectivity index is 1.98. The molecule has 92 valence electrons. The van der Waals surface area contributed by atoms with Gasteiger partial charge in [0.2, 0.25) is 5.88 Å². The molecule has 0 spiro atoms. The molecule has 5 heteroatoms. The van der Waals surface area contributed by atoms with Crippen LogP contribution in [0.1, 0.15) is 17.7 Å². The van der Waals surface area contributed by atoms with E-state index in [4.69, 9.17) is 10.5 Å². The number of anilines is 1. The number of hydrogen-bond acceptors (Lipinski definition) is 4. The molecule has 2 aromatic rings. The number of nitrogens with two attached hydrogens (primary N) is 1. The number of hydrogen-bond donors (Lipinski definition) is 1. The number of nitrogens with zero attached hydrogens (tertiary/aromatic N) is 2. The highest BCUT2D eigenvalue weighted by Crippen LogP contribution is 2.32. The molecule has 18 heavy (non-hydrogen) atoms. The molecule has 1 aliphatic rings. The zero-order chi connectivity index (χ0) is 12.5. The molecule has 0 aliphatic heterocycles. The minimum atomic E-state index is -0.384. The molecule has 2 N–H and O–H groups in total. The van der Waals surface area contributed by atoms with Gasteiger partial charge in [0.1, 0.15) is 12.1 Å². The third kappa shape index (κ3) is 1.88. The maximum Gasteiger partial charge on any atom is 0.225 e. The van der Waals surface area contributed by atoms with E-state index in [0.717, 1.165) is 30.5 Å². The van der Waals surface area contributed by atoms with E-state index in [2.05, 4.69) is 9.97 Å². The SMILES string of the molecule is Nc1ccc(F)cc1Oc1ncnc2c1CCC2. The fourth-order valence-corrected chi connectivity index (χ4v) is 2.12. The van der Waals surface area contributed by atoms with Gasteiger partial charge in [-0.25, -0.2) is 14.4 Å². The highest BCUT2D eigenvalue weighted by Gasteiger charge is 2.19. The molecule has 0 fully saturated rings. The van der Waals surface area contributed by atoms with Gasteiger partial charge in [-0.3, -0.25) is 0 Å². The predicted octanol–water partition coefficient (Wildman–Crippen LogP) is 2.48. The molecular weight excluding hydrogens is 233 g/mol. The molecule has 4 nitrogen and oxygen atoms in total. The van der Waals surface area contributed by atoms with Crippen molar-refractivity contribution in [3.05, 3.63) is 41.6 Å². The van der Waals surface area contributed by atoms with Crippen LogP contribution in [0.2, 0.25) is 0 Å². The molecule has 0 saturated carbocycles. The summed E-state index contributed by atoms with van der Waals surface area (Å²) in [7, 11) is 0. The third-order valence-electron chi connectivity index (χ3n) is 3.02. The van der Waals surface area contributed by atoms with Crippen molar-refractivity contribution in [1.82, 2.24) is 9.97 Å². The predicted molar refractivity (Wildman–Crippen MR) is 64.9 cm³/mol. The van der Waals surface area contributed by atoms with Crippen LogP contribution >= 0.6 is 0 Å². The average Bonchev–Trinajstić information content (AvgIpc) is 2.83. The number of aryl methyl sites for hydroxylation is 1. The van der Waals surface area contributed by atoms with Crippen molar-refractivity contribution in [2.45, 2.75) is 19.3 Å². The molecule has 0 radical (unpaired) electrons. The molecule has 3 rings (SSSR count). The highest BCUT2D eigenvalue weighted by molar-refractivity contribution is 5.54. The first-order chi connectivity index (χ1) is 8.74. The van der Waals surface area contributed by atoms with Gasteiger partial charge in [0.15, 0.2) is 5.75 Å². The maximum absolute atomic E-state index is 13.2. The molecular formula is C13H12FN3O. The maximum atomic E-state index is 13.2. The molecule has 0 unspecified atom stereocenters. The number of fused-ring (bicyclic) bond motifs is 1.